The Balaban J connectivity index is 1.46. The second kappa shape index (κ2) is 6.93. The van der Waals surface area contributed by atoms with Crippen LogP contribution in [-0.4, -0.2) is 24.3 Å². The number of benzene rings is 2. The first kappa shape index (κ1) is 16.8. The first-order valence-corrected chi connectivity index (χ1v) is 9.76. The molecular weight excluding hydrogens is 332 g/mol. The van der Waals surface area contributed by atoms with Crippen LogP contribution in [0.15, 0.2) is 53.4 Å². The van der Waals surface area contributed by atoms with E-state index in [-0.39, 0.29) is 5.60 Å². The maximum absolute atomic E-state index is 6.28. The van der Waals surface area contributed by atoms with Gasteiger partial charge >= 0.3 is 0 Å². The van der Waals surface area contributed by atoms with E-state index >= 15 is 0 Å². The van der Waals surface area contributed by atoms with Crippen LogP contribution < -0.4 is 9.47 Å². The van der Waals surface area contributed by atoms with Gasteiger partial charge in [0.25, 0.3) is 0 Å². The van der Waals surface area contributed by atoms with E-state index in [4.69, 9.17) is 14.2 Å². The van der Waals surface area contributed by atoms with Crippen molar-refractivity contribution in [2.75, 3.05) is 13.4 Å². The van der Waals surface area contributed by atoms with Crippen LogP contribution in [0.3, 0.4) is 0 Å². The standard InChI is InChI=1S/C21H24O3S/c1-15-13-24-21(2,20(15)25-17-6-4-3-5-7-17)11-10-16-8-9-18-19(12-16)23-14-22-18/h3-9,12,15,20H,10-11,13-14H2,1-2H3/t15-,20+,21-/m0/s1. The molecule has 2 aliphatic rings. The molecule has 0 unspecified atom stereocenters. The van der Waals surface area contributed by atoms with Crippen molar-refractivity contribution in [1.82, 2.24) is 0 Å². The topological polar surface area (TPSA) is 27.7 Å². The Morgan fingerprint density at radius 1 is 1.08 bits per heavy atom. The Morgan fingerprint density at radius 3 is 2.72 bits per heavy atom. The van der Waals surface area contributed by atoms with Gasteiger partial charge in [-0.2, -0.15) is 0 Å². The van der Waals surface area contributed by atoms with E-state index in [1.54, 1.807) is 0 Å². The second-order valence-corrected chi connectivity index (χ2v) is 8.36. The van der Waals surface area contributed by atoms with Gasteiger partial charge in [0.15, 0.2) is 11.5 Å². The molecule has 2 aliphatic heterocycles. The van der Waals surface area contributed by atoms with Crippen LogP contribution >= 0.6 is 11.8 Å². The van der Waals surface area contributed by atoms with Crippen molar-refractivity contribution in [1.29, 1.82) is 0 Å². The fourth-order valence-electron chi connectivity index (χ4n) is 3.68. The zero-order valence-electron chi connectivity index (χ0n) is 14.7. The molecule has 2 aromatic rings. The van der Waals surface area contributed by atoms with E-state index < -0.39 is 0 Å². The van der Waals surface area contributed by atoms with Crippen molar-refractivity contribution in [3.05, 3.63) is 54.1 Å². The van der Waals surface area contributed by atoms with Gasteiger partial charge in [-0.05, 0) is 55.5 Å². The number of aryl methyl sites for hydroxylation is 1. The molecule has 4 heteroatoms. The molecule has 1 fully saturated rings. The highest BCUT2D eigenvalue weighted by Crippen LogP contribution is 2.44. The summed E-state index contributed by atoms with van der Waals surface area (Å²) >= 11 is 1.95. The molecule has 0 saturated carbocycles. The summed E-state index contributed by atoms with van der Waals surface area (Å²) in [5.74, 6) is 2.25. The molecule has 0 aromatic heterocycles. The molecule has 0 spiro atoms. The van der Waals surface area contributed by atoms with E-state index in [2.05, 4.69) is 56.3 Å². The molecule has 0 N–H and O–H groups in total. The molecule has 1 saturated heterocycles. The van der Waals surface area contributed by atoms with Crippen molar-refractivity contribution in [2.24, 2.45) is 5.92 Å². The number of fused-ring (bicyclic) bond motifs is 1. The van der Waals surface area contributed by atoms with Gasteiger partial charge in [0.2, 0.25) is 6.79 Å². The van der Waals surface area contributed by atoms with E-state index in [9.17, 15) is 0 Å². The highest BCUT2D eigenvalue weighted by atomic mass is 32.2. The summed E-state index contributed by atoms with van der Waals surface area (Å²) in [6, 6.07) is 16.9. The fourth-order valence-corrected chi connectivity index (χ4v) is 5.04. The van der Waals surface area contributed by atoms with E-state index in [0.29, 0.717) is 18.0 Å². The second-order valence-electron chi connectivity index (χ2n) is 7.14. The predicted octanol–water partition coefficient (Wildman–Crippen LogP) is 4.93. The molecule has 3 atom stereocenters. The molecule has 2 aromatic carbocycles. The van der Waals surface area contributed by atoms with Gasteiger partial charge in [0.1, 0.15) is 0 Å². The average molecular weight is 356 g/mol. The summed E-state index contributed by atoms with van der Waals surface area (Å²) < 4.78 is 17.2. The zero-order chi connectivity index (χ0) is 17.3. The maximum atomic E-state index is 6.28. The molecule has 0 radical (unpaired) electrons. The van der Waals surface area contributed by atoms with Crippen molar-refractivity contribution in [3.63, 3.8) is 0 Å². The van der Waals surface area contributed by atoms with Crippen LogP contribution in [0, 0.1) is 5.92 Å². The number of thioether (sulfide) groups is 1. The SMILES string of the molecule is C[C@H]1CO[C@@](C)(CCc2ccc3c(c2)OCO3)[C@@H]1Sc1ccccc1. The molecule has 0 amide bonds. The third kappa shape index (κ3) is 3.51. The highest BCUT2D eigenvalue weighted by molar-refractivity contribution is 8.00. The van der Waals surface area contributed by atoms with Crippen molar-refractivity contribution in [2.45, 2.75) is 42.4 Å². The van der Waals surface area contributed by atoms with Crippen LogP contribution in [0.1, 0.15) is 25.8 Å². The number of hydrogen-bond donors (Lipinski definition) is 0. The Hall–Kier alpha value is -1.65. The summed E-state index contributed by atoms with van der Waals surface area (Å²) in [7, 11) is 0. The lowest BCUT2D eigenvalue weighted by molar-refractivity contribution is 0.0152. The number of ether oxygens (including phenoxy) is 3. The molecule has 3 nitrogen and oxygen atoms in total. The smallest absolute Gasteiger partial charge is 0.231 e. The molecule has 0 aliphatic carbocycles. The minimum atomic E-state index is -0.115. The fraction of sp³-hybridized carbons (Fsp3) is 0.429. The third-order valence-corrected chi connectivity index (χ3v) is 6.91. The van der Waals surface area contributed by atoms with Gasteiger partial charge in [0.05, 0.1) is 12.2 Å². The number of hydrogen-bond acceptors (Lipinski definition) is 4. The molecular formula is C21H24O3S. The zero-order valence-corrected chi connectivity index (χ0v) is 15.6. The Morgan fingerprint density at radius 2 is 1.88 bits per heavy atom. The molecule has 4 rings (SSSR count). The van der Waals surface area contributed by atoms with Crippen LogP contribution in [-0.2, 0) is 11.2 Å². The maximum Gasteiger partial charge on any atom is 0.231 e. The molecule has 132 valence electrons. The Labute approximate surface area is 153 Å². The normalized spacial score (nSPS) is 27.6. The minimum Gasteiger partial charge on any atom is -0.454 e. The van der Waals surface area contributed by atoms with Crippen molar-refractivity contribution in [3.8, 4) is 11.5 Å². The van der Waals surface area contributed by atoms with Crippen molar-refractivity contribution < 1.29 is 14.2 Å². The summed E-state index contributed by atoms with van der Waals surface area (Å²) in [5.41, 5.74) is 1.16. The van der Waals surface area contributed by atoms with Gasteiger partial charge in [-0.3, -0.25) is 0 Å². The molecule has 2 heterocycles. The monoisotopic (exact) mass is 356 g/mol. The van der Waals surface area contributed by atoms with Crippen molar-refractivity contribution >= 4 is 11.8 Å². The first-order valence-electron chi connectivity index (χ1n) is 8.88. The third-order valence-electron chi connectivity index (χ3n) is 5.15. The first-order chi connectivity index (χ1) is 12.1. The summed E-state index contributed by atoms with van der Waals surface area (Å²) in [4.78, 5) is 1.32. The lowest BCUT2D eigenvalue weighted by atomic mass is 9.90. The Bertz CT molecular complexity index is 733. The van der Waals surface area contributed by atoms with E-state index in [0.717, 1.165) is 30.9 Å². The van der Waals surface area contributed by atoms with Crippen LogP contribution in [0.5, 0.6) is 11.5 Å². The van der Waals surface area contributed by atoms with E-state index in [1.165, 1.54) is 10.5 Å². The lowest BCUT2D eigenvalue weighted by Gasteiger charge is -2.31. The summed E-state index contributed by atoms with van der Waals surface area (Å²) in [5, 5.41) is 0.462. The summed E-state index contributed by atoms with van der Waals surface area (Å²) in [6.45, 7) is 5.73. The molecule has 0 bridgehead atoms. The van der Waals surface area contributed by atoms with Gasteiger partial charge in [-0.1, -0.05) is 31.2 Å². The van der Waals surface area contributed by atoms with E-state index in [1.807, 2.05) is 17.8 Å². The molecule has 25 heavy (non-hydrogen) atoms. The van der Waals surface area contributed by atoms with Crippen LogP contribution in [0.4, 0.5) is 0 Å². The minimum absolute atomic E-state index is 0.115. The van der Waals surface area contributed by atoms with Crippen LogP contribution in [0.2, 0.25) is 0 Å². The van der Waals surface area contributed by atoms with Gasteiger partial charge in [0, 0.05) is 10.1 Å². The van der Waals surface area contributed by atoms with Gasteiger partial charge in [-0.15, -0.1) is 11.8 Å². The highest BCUT2D eigenvalue weighted by Gasteiger charge is 2.44. The lowest BCUT2D eigenvalue weighted by Crippen LogP contribution is -2.36. The quantitative estimate of drug-likeness (QED) is 0.759. The predicted molar refractivity (Wildman–Crippen MR) is 100 cm³/mol. The van der Waals surface area contributed by atoms with Gasteiger partial charge < -0.3 is 14.2 Å². The summed E-state index contributed by atoms with van der Waals surface area (Å²) in [6.07, 6.45) is 1.98. The Kier molecular flexibility index (Phi) is 4.65. The number of rotatable bonds is 5. The van der Waals surface area contributed by atoms with Crippen LogP contribution in [0.25, 0.3) is 0 Å². The average Bonchev–Trinajstić information content (AvgIpc) is 3.21. The van der Waals surface area contributed by atoms with Gasteiger partial charge in [-0.25, -0.2) is 0 Å². The largest absolute Gasteiger partial charge is 0.454 e.